The number of nitrogens with zero attached hydrogens (tertiary/aromatic N) is 1. The van der Waals surface area contributed by atoms with Crippen molar-refractivity contribution in [3.63, 3.8) is 0 Å². The van der Waals surface area contributed by atoms with Crippen molar-refractivity contribution in [1.82, 2.24) is 4.98 Å². The van der Waals surface area contributed by atoms with Crippen LogP contribution in [0.3, 0.4) is 0 Å². The van der Waals surface area contributed by atoms with Crippen molar-refractivity contribution in [2.45, 2.75) is 13.8 Å². The number of hydrogen-bond donors (Lipinski definition) is 1. The molecule has 120 valence electrons. The third kappa shape index (κ3) is 3.85. The van der Waals surface area contributed by atoms with Gasteiger partial charge >= 0.3 is 5.97 Å². The van der Waals surface area contributed by atoms with Crippen LogP contribution < -0.4 is 10.1 Å². The van der Waals surface area contributed by atoms with Crippen molar-refractivity contribution >= 4 is 17.6 Å². The van der Waals surface area contributed by atoms with Crippen LogP contribution in [0.25, 0.3) is 0 Å². The highest BCUT2D eigenvalue weighted by Crippen LogP contribution is 2.21. The fraction of sp³-hybridized carbons (Fsp3) is 0.235. The highest BCUT2D eigenvalue weighted by Gasteiger charge is 2.18. The molecule has 1 heterocycles. The van der Waals surface area contributed by atoms with E-state index in [1.54, 1.807) is 36.5 Å². The SMILES string of the molecule is CCOc1ncccc1C(=O)Nc1ccc(C)cc1C(=O)OC. The topological polar surface area (TPSA) is 77.5 Å². The van der Waals surface area contributed by atoms with Gasteiger partial charge in [-0.1, -0.05) is 11.6 Å². The van der Waals surface area contributed by atoms with Gasteiger partial charge in [0.1, 0.15) is 5.56 Å². The summed E-state index contributed by atoms with van der Waals surface area (Å²) in [5.41, 5.74) is 1.85. The summed E-state index contributed by atoms with van der Waals surface area (Å²) in [4.78, 5) is 28.4. The lowest BCUT2D eigenvalue weighted by molar-refractivity contribution is 0.0602. The van der Waals surface area contributed by atoms with Gasteiger partial charge in [0, 0.05) is 6.20 Å². The van der Waals surface area contributed by atoms with Gasteiger partial charge in [0.05, 0.1) is 25.0 Å². The van der Waals surface area contributed by atoms with Crippen molar-refractivity contribution in [3.05, 3.63) is 53.2 Å². The number of ether oxygens (including phenoxy) is 2. The number of aromatic nitrogens is 1. The van der Waals surface area contributed by atoms with E-state index in [0.29, 0.717) is 23.4 Å². The Kier molecular flexibility index (Phi) is 5.30. The summed E-state index contributed by atoms with van der Waals surface area (Å²) in [7, 11) is 1.30. The minimum atomic E-state index is -0.514. The van der Waals surface area contributed by atoms with Crippen LogP contribution in [0.1, 0.15) is 33.2 Å². The molecule has 0 radical (unpaired) electrons. The predicted octanol–water partition coefficient (Wildman–Crippen LogP) is 2.83. The molecule has 0 aliphatic heterocycles. The molecule has 0 bridgehead atoms. The minimum Gasteiger partial charge on any atom is -0.477 e. The van der Waals surface area contributed by atoms with E-state index in [0.717, 1.165) is 5.56 Å². The van der Waals surface area contributed by atoms with Crippen LogP contribution in [0.5, 0.6) is 5.88 Å². The first-order chi connectivity index (χ1) is 11.1. The van der Waals surface area contributed by atoms with Crippen LogP contribution in [-0.2, 0) is 4.74 Å². The second-order valence-corrected chi connectivity index (χ2v) is 4.78. The van der Waals surface area contributed by atoms with E-state index in [1.165, 1.54) is 7.11 Å². The number of pyridine rings is 1. The molecule has 2 rings (SSSR count). The molecule has 1 aromatic carbocycles. The van der Waals surface area contributed by atoms with Crippen molar-refractivity contribution < 1.29 is 19.1 Å². The van der Waals surface area contributed by atoms with Gasteiger partial charge in [-0.3, -0.25) is 4.79 Å². The Morgan fingerprint density at radius 2 is 2.00 bits per heavy atom. The zero-order valence-corrected chi connectivity index (χ0v) is 13.3. The molecular formula is C17H18N2O4. The molecule has 1 aromatic heterocycles. The summed E-state index contributed by atoms with van der Waals surface area (Å²) in [6.07, 6.45) is 1.55. The molecule has 1 N–H and O–H groups in total. The summed E-state index contributed by atoms with van der Waals surface area (Å²) in [6.45, 7) is 4.06. The quantitative estimate of drug-likeness (QED) is 0.859. The summed E-state index contributed by atoms with van der Waals surface area (Å²) in [5.74, 6) is -0.671. The lowest BCUT2D eigenvalue weighted by Gasteiger charge is -2.12. The third-order valence-corrected chi connectivity index (χ3v) is 3.13. The van der Waals surface area contributed by atoms with Crippen LogP contribution in [0.4, 0.5) is 5.69 Å². The molecule has 0 aliphatic rings. The normalized spacial score (nSPS) is 10.0. The fourth-order valence-electron chi connectivity index (χ4n) is 2.05. The number of esters is 1. The van der Waals surface area contributed by atoms with Gasteiger partial charge in [0.15, 0.2) is 0 Å². The van der Waals surface area contributed by atoms with E-state index >= 15 is 0 Å². The van der Waals surface area contributed by atoms with Gasteiger partial charge in [0.2, 0.25) is 5.88 Å². The predicted molar refractivity (Wildman–Crippen MR) is 85.9 cm³/mol. The van der Waals surface area contributed by atoms with Crippen LogP contribution in [0.15, 0.2) is 36.5 Å². The Morgan fingerprint density at radius 3 is 2.70 bits per heavy atom. The minimum absolute atomic E-state index is 0.249. The van der Waals surface area contributed by atoms with Gasteiger partial charge in [-0.05, 0) is 38.1 Å². The second kappa shape index (κ2) is 7.40. The number of anilines is 1. The standard InChI is InChI=1S/C17H18N2O4/c1-4-23-16-12(6-5-9-18-16)15(20)19-14-8-7-11(2)10-13(14)17(21)22-3/h5-10H,4H2,1-3H3,(H,19,20). The van der Waals surface area contributed by atoms with E-state index in [-0.39, 0.29) is 5.88 Å². The first-order valence-electron chi connectivity index (χ1n) is 7.15. The number of rotatable bonds is 5. The van der Waals surface area contributed by atoms with Crippen LogP contribution in [0, 0.1) is 6.92 Å². The first kappa shape index (κ1) is 16.5. The molecule has 6 heteroatoms. The number of hydrogen-bond acceptors (Lipinski definition) is 5. The molecule has 0 saturated carbocycles. The molecule has 0 unspecified atom stereocenters. The highest BCUT2D eigenvalue weighted by molar-refractivity contribution is 6.09. The van der Waals surface area contributed by atoms with Crippen LogP contribution >= 0.6 is 0 Å². The maximum absolute atomic E-state index is 12.5. The van der Waals surface area contributed by atoms with E-state index in [4.69, 9.17) is 9.47 Å². The number of aryl methyl sites for hydroxylation is 1. The molecule has 6 nitrogen and oxygen atoms in total. The summed E-state index contributed by atoms with van der Waals surface area (Å²) in [6, 6.07) is 8.38. The first-order valence-corrected chi connectivity index (χ1v) is 7.15. The van der Waals surface area contributed by atoms with Gasteiger partial charge in [-0.25, -0.2) is 9.78 Å². The Hall–Kier alpha value is -2.89. The van der Waals surface area contributed by atoms with Crippen molar-refractivity contribution in [2.75, 3.05) is 19.0 Å². The van der Waals surface area contributed by atoms with Gasteiger partial charge in [-0.15, -0.1) is 0 Å². The zero-order valence-electron chi connectivity index (χ0n) is 13.3. The zero-order chi connectivity index (χ0) is 16.8. The monoisotopic (exact) mass is 314 g/mol. The number of nitrogens with one attached hydrogen (secondary N) is 1. The molecule has 2 aromatic rings. The van der Waals surface area contributed by atoms with E-state index in [1.807, 2.05) is 13.8 Å². The number of benzene rings is 1. The molecule has 0 aliphatic carbocycles. The van der Waals surface area contributed by atoms with Crippen molar-refractivity contribution in [1.29, 1.82) is 0 Å². The lowest BCUT2D eigenvalue weighted by Crippen LogP contribution is -2.17. The molecule has 1 amide bonds. The number of carbonyl (C=O) groups excluding carboxylic acids is 2. The average Bonchev–Trinajstić information content (AvgIpc) is 2.56. The van der Waals surface area contributed by atoms with Crippen molar-refractivity contribution in [3.8, 4) is 5.88 Å². The summed E-state index contributed by atoms with van der Waals surface area (Å²) < 4.78 is 10.1. The molecule has 0 atom stereocenters. The third-order valence-electron chi connectivity index (χ3n) is 3.13. The van der Waals surface area contributed by atoms with Gasteiger partial charge < -0.3 is 14.8 Å². The molecule has 23 heavy (non-hydrogen) atoms. The van der Waals surface area contributed by atoms with E-state index in [9.17, 15) is 9.59 Å². The number of amides is 1. The molecule has 0 spiro atoms. The largest absolute Gasteiger partial charge is 0.477 e. The second-order valence-electron chi connectivity index (χ2n) is 4.78. The summed E-state index contributed by atoms with van der Waals surface area (Å²) in [5, 5.41) is 2.71. The molecule has 0 fully saturated rings. The summed E-state index contributed by atoms with van der Waals surface area (Å²) >= 11 is 0. The van der Waals surface area contributed by atoms with E-state index < -0.39 is 11.9 Å². The van der Waals surface area contributed by atoms with Crippen LogP contribution in [-0.4, -0.2) is 30.6 Å². The maximum Gasteiger partial charge on any atom is 0.339 e. The Labute approximate surface area is 134 Å². The van der Waals surface area contributed by atoms with Gasteiger partial charge in [0.25, 0.3) is 5.91 Å². The Balaban J connectivity index is 2.33. The lowest BCUT2D eigenvalue weighted by atomic mass is 10.1. The number of carbonyl (C=O) groups is 2. The van der Waals surface area contributed by atoms with E-state index in [2.05, 4.69) is 10.3 Å². The maximum atomic E-state index is 12.5. The Bertz CT molecular complexity index is 728. The smallest absolute Gasteiger partial charge is 0.339 e. The van der Waals surface area contributed by atoms with Crippen LogP contribution in [0.2, 0.25) is 0 Å². The van der Waals surface area contributed by atoms with Gasteiger partial charge in [-0.2, -0.15) is 0 Å². The fourth-order valence-corrected chi connectivity index (χ4v) is 2.05. The average molecular weight is 314 g/mol. The van der Waals surface area contributed by atoms with Crippen molar-refractivity contribution in [2.24, 2.45) is 0 Å². The molecular weight excluding hydrogens is 296 g/mol. The molecule has 0 saturated heterocycles. The highest BCUT2D eigenvalue weighted by atomic mass is 16.5. The number of methoxy groups -OCH3 is 1. The Morgan fingerprint density at radius 1 is 1.22 bits per heavy atom.